The van der Waals surface area contributed by atoms with E-state index in [1.54, 1.807) is 6.26 Å². The number of furan rings is 1. The van der Waals surface area contributed by atoms with Crippen LogP contribution in [-0.2, 0) is 13.1 Å². The van der Waals surface area contributed by atoms with E-state index in [-0.39, 0.29) is 0 Å². The Bertz CT molecular complexity index is 378. The Hall–Kier alpha value is -0.840. The molecule has 100 valence electrons. The Kier molecular flexibility index (Phi) is 3.68. The van der Waals surface area contributed by atoms with E-state index in [9.17, 15) is 0 Å². The molecule has 0 atom stereocenters. The molecule has 0 radical (unpaired) electrons. The maximum atomic E-state index is 5.66. The molecular formula is C14H23N3O. The molecule has 2 heterocycles. The minimum Gasteiger partial charge on any atom is -0.468 e. The Labute approximate surface area is 109 Å². The average molecular weight is 249 g/mol. The molecule has 1 aromatic rings. The van der Waals surface area contributed by atoms with Crippen molar-refractivity contribution in [3.05, 3.63) is 23.7 Å². The van der Waals surface area contributed by atoms with Crippen molar-refractivity contribution in [2.24, 2.45) is 11.7 Å². The van der Waals surface area contributed by atoms with E-state index in [1.807, 2.05) is 0 Å². The third kappa shape index (κ3) is 2.94. The topological polar surface area (TPSA) is 45.6 Å². The Morgan fingerprint density at radius 2 is 1.89 bits per heavy atom. The number of hydrogen-bond acceptors (Lipinski definition) is 4. The van der Waals surface area contributed by atoms with Crippen molar-refractivity contribution in [1.29, 1.82) is 0 Å². The minimum atomic E-state index is 0.504. The Balaban J connectivity index is 1.47. The normalized spacial score (nSPS) is 22.5. The van der Waals surface area contributed by atoms with Gasteiger partial charge in [-0.2, -0.15) is 0 Å². The first-order valence-electron chi connectivity index (χ1n) is 7.05. The Morgan fingerprint density at radius 3 is 2.56 bits per heavy atom. The van der Waals surface area contributed by atoms with E-state index in [1.165, 1.54) is 51.1 Å². The summed E-state index contributed by atoms with van der Waals surface area (Å²) in [5.41, 5.74) is 6.92. The van der Waals surface area contributed by atoms with Crippen LogP contribution >= 0.6 is 0 Å². The van der Waals surface area contributed by atoms with Crippen molar-refractivity contribution in [3.8, 4) is 0 Å². The van der Waals surface area contributed by atoms with Crippen molar-refractivity contribution in [3.63, 3.8) is 0 Å². The molecule has 2 aliphatic rings. The van der Waals surface area contributed by atoms with Crippen LogP contribution in [0.3, 0.4) is 0 Å². The van der Waals surface area contributed by atoms with Crippen LogP contribution in [0.1, 0.15) is 24.2 Å². The summed E-state index contributed by atoms with van der Waals surface area (Å²) in [5, 5.41) is 0. The molecule has 2 fully saturated rings. The van der Waals surface area contributed by atoms with Gasteiger partial charge >= 0.3 is 0 Å². The van der Waals surface area contributed by atoms with Crippen LogP contribution in [-0.4, -0.2) is 42.5 Å². The summed E-state index contributed by atoms with van der Waals surface area (Å²) < 4.78 is 5.38. The second-order valence-electron chi connectivity index (χ2n) is 5.59. The van der Waals surface area contributed by atoms with Crippen LogP contribution in [0, 0.1) is 5.92 Å². The maximum Gasteiger partial charge on any atom is 0.121 e. The van der Waals surface area contributed by atoms with Crippen LogP contribution in [0.4, 0.5) is 0 Å². The lowest BCUT2D eigenvalue weighted by molar-refractivity contribution is 0.123. The number of piperazine rings is 1. The van der Waals surface area contributed by atoms with E-state index in [2.05, 4.69) is 15.9 Å². The summed E-state index contributed by atoms with van der Waals surface area (Å²) in [6.45, 7) is 7.58. The van der Waals surface area contributed by atoms with Gasteiger partial charge < -0.3 is 15.1 Å². The predicted molar refractivity (Wildman–Crippen MR) is 71.0 cm³/mol. The highest BCUT2D eigenvalue weighted by atomic mass is 16.3. The quantitative estimate of drug-likeness (QED) is 0.853. The molecule has 1 saturated carbocycles. The molecule has 1 aliphatic heterocycles. The van der Waals surface area contributed by atoms with Crippen molar-refractivity contribution in [2.75, 3.05) is 32.7 Å². The highest BCUT2D eigenvalue weighted by molar-refractivity contribution is 5.16. The first kappa shape index (κ1) is 12.2. The van der Waals surface area contributed by atoms with Gasteiger partial charge in [0, 0.05) is 44.8 Å². The smallest absolute Gasteiger partial charge is 0.121 e. The standard InChI is InChI=1S/C14H23N3O/c15-9-14-13(3-8-18-14)11-17-6-4-16(5-7-17)10-12-1-2-12/h3,8,12H,1-2,4-7,9-11,15H2. The van der Waals surface area contributed by atoms with Crippen molar-refractivity contribution in [1.82, 2.24) is 9.80 Å². The van der Waals surface area contributed by atoms with Crippen LogP contribution in [0.25, 0.3) is 0 Å². The molecule has 18 heavy (non-hydrogen) atoms. The Morgan fingerprint density at radius 1 is 1.17 bits per heavy atom. The SMILES string of the molecule is NCc1occc1CN1CCN(CC2CC2)CC1. The summed E-state index contributed by atoms with van der Waals surface area (Å²) in [5.74, 6) is 1.95. The van der Waals surface area contributed by atoms with E-state index < -0.39 is 0 Å². The molecular weight excluding hydrogens is 226 g/mol. The molecule has 1 saturated heterocycles. The predicted octanol–water partition coefficient (Wildman–Crippen LogP) is 1.27. The van der Waals surface area contributed by atoms with Gasteiger partial charge in [0.25, 0.3) is 0 Å². The molecule has 4 heteroatoms. The summed E-state index contributed by atoms with van der Waals surface area (Å²) in [7, 11) is 0. The van der Waals surface area contributed by atoms with Crippen LogP contribution in [0.5, 0.6) is 0 Å². The lowest BCUT2D eigenvalue weighted by atomic mass is 10.2. The van der Waals surface area contributed by atoms with Gasteiger partial charge in [-0.3, -0.25) is 4.90 Å². The van der Waals surface area contributed by atoms with E-state index in [0.717, 1.165) is 18.2 Å². The molecule has 4 nitrogen and oxygen atoms in total. The summed E-state index contributed by atoms with van der Waals surface area (Å²) >= 11 is 0. The molecule has 3 rings (SSSR count). The van der Waals surface area contributed by atoms with Crippen molar-refractivity contribution < 1.29 is 4.42 Å². The fraction of sp³-hybridized carbons (Fsp3) is 0.714. The molecule has 0 aromatic carbocycles. The highest BCUT2D eigenvalue weighted by Gasteiger charge is 2.26. The van der Waals surface area contributed by atoms with Gasteiger partial charge in [0.2, 0.25) is 0 Å². The summed E-state index contributed by atoms with van der Waals surface area (Å²) in [4.78, 5) is 5.13. The second kappa shape index (κ2) is 5.43. The second-order valence-corrected chi connectivity index (χ2v) is 5.59. The number of nitrogens with two attached hydrogens (primary N) is 1. The highest BCUT2D eigenvalue weighted by Crippen LogP contribution is 2.30. The fourth-order valence-corrected chi connectivity index (χ4v) is 2.72. The van der Waals surface area contributed by atoms with E-state index in [0.29, 0.717) is 6.54 Å². The zero-order valence-corrected chi connectivity index (χ0v) is 11.0. The van der Waals surface area contributed by atoms with Gasteiger partial charge in [-0.1, -0.05) is 0 Å². The largest absolute Gasteiger partial charge is 0.468 e. The van der Waals surface area contributed by atoms with Crippen LogP contribution < -0.4 is 5.73 Å². The number of rotatable bonds is 5. The summed E-state index contributed by atoms with van der Waals surface area (Å²) in [6.07, 6.45) is 4.66. The molecule has 2 N–H and O–H groups in total. The van der Waals surface area contributed by atoms with Crippen LogP contribution in [0.2, 0.25) is 0 Å². The third-order valence-corrected chi connectivity index (χ3v) is 4.10. The van der Waals surface area contributed by atoms with Gasteiger partial charge in [0.05, 0.1) is 12.8 Å². The van der Waals surface area contributed by atoms with Gasteiger partial charge in [0.15, 0.2) is 0 Å². The fourth-order valence-electron chi connectivity index (χ4n) is 2.72. The molecule has 0 spiro atoms. The lowest BCUT2D eigenvalue weighted by Gasteiger charge is -2.34. The maximum absolute atomic E-state index is 5.66. The molecule has 0 bridgehead atoms. The first-order valence-corrected chi connectivity index (χ1v) is 7.05. The van der Waals surface area contributed by atoms with Gasteiger partial charge in [0.1, 0.15) is 5.76 Å². The summed E-state index contributed by atoms with van der Waals surface area (Å²) in [6, 6.07) is 2.05. The van der Waals surface area contributed by atoms with Crippen LogP contribution in [0.15, 0.2) is 16.7 Å². The van der Waals surface area contributed by atoms with Crippen molar-refractivity contribution >= 4 is 0 Å². The zero-order valence-electron chi connectivity index (χ0n) is 11.0. The minimum absolute atomic E-state index is 0.504. The molecule has 0 amide bonds. The first-order chi connectivity index (χ1) is 8.85. The zero-order chi connectivity index (χ0) is 12.4. The van der Waals surface area contributed by atoms with E-state index >= 15 is 0 Å². The van der Waals surface area contributed by atoms with Gasteiger partial charge in [-0.15, -0.1) is 0 Å². The molecule has 1 aromatic heterocycles. The molecule has 0 unspecified atom stereocenters. The number of nitrogens with zero attached hydrogens (tertiary/aromatic N) is 2. The van der Waals surface area contributed by atoms with Gasteiger partial charge in [-0.25, -0.2) is 0 Å². The number of hydrogen-bond donors (Lipinski definition) is 1. The lowest BCUT2D eigenvalue weighted by Crippen LogP contribution is -2.46. The average Bonchev–Trinajstić information content (AvgIpc) is 3.09. The third-order valence-electron chi connectivity index (χ3n) is 4.10. The van der Waals surface area contributed by atoms with Crippen molar-refractivity contribution in [2.45, 2.75) is 25.9 Å². The van der Waals surface area contributed by atoms with E-state index in [4.69, 9.17) is 10.2 Å². The monoisotopic (exact) mass is 249 g/mol. The van der Waals surface area contributed by atoms with Gasteiger partial charge in [-0.05, 0) is 24.8 Å². The molecule has 1 aliphatic carbocycles.